The number of pyridine rings is 1. The van der Waals surface area contributed by atoms with Gasteiger partial charge in [-0.2, -0.15) is 0 Å². The number of amidine groups is 1. The minimum atomic E-state index is -0.618. The van der Waals surface area contributed by atoms with Crippen LogP contribution in [-0.2, 0) is 11.2 Å². The first-order valence-corrected chi connectivity index (χ1v) is 15.1. The van der Waals surface area contributed by atoms with E-state index in [1.165, 1.54) is 47.8 Å². The summed E-state index contributed by atoms with van der Waals surface area (Å²) < 4.78 is 9.57. The van der Waals surface area contributed by atoms with Gasteiger partial charge in [-0.05, 0) is 39.5 Å². The maximum atomic E-state index is 13.5. The molecular weight excluding hydrogens is 628 g/mol. The number of halogens is 1. The first-order chi connectivity index (χ1) is 21.2. The summed E-state index contributed by atoms with van der Waals surface area (Å²) in [5, 5.41) is 15.1. The molecule has 2 atom stereocenters. The zero-order valence-corrected chi connectivity index (χ0v) is 25.7. The van der Waals surface area contributed by atoms with E-state index < -0.39 is 22.6 Å². The van der Waals surface area contributed by atoms with Crippen molar-refractivity contribution in [2.75, 3.05) is 12.4 Å². The summed E-state index contributed by atoms with van der Waals surface area (Å²) in [6.07, 6.45) is 4.40. The van der Waals surface area contributed by atoms with E-state index in [-0.39, 0.29) is 33.5 Å². The number of carbonyl (C=O) groups is 1. The lowest BCUT2D eigenvalue weighted by Crippen LogP contribution is -2.28. The summed E-state index contributed by atoms with van der Waals surface area (Å²) in [6.45, 7) is 1.99. The van der Waals surface area contributed by atoms with E-state index in [1.807, 2.05) is 37.3 Å². The van der Waals surface area contributed by atoms with Crippen molar-refractivity contribution in [3.8, 4) is 0 Å². The highest BCUT2D eigenvalue weighted by molar-refractivity contribution is 7.18. The highest BCUT2D eigenvalue weighted by atomic mass is 35.5. The van der Waals surface area contributed by atoms with Crippen molar-refractivity contribution in [2.24, 2.45) is 16.6 Å². The second kappa shape index (κ2) is 13.3. The molecule has 16 heteroatoms. The molecule has 0 amide bonds. The molecule has 0 saturated heterocycles. The second-order valence-electron chi connectivity index (χ2n) is 9.54. The largest absolute Gasteiger partial charge is 0.383 e. The Morgan fingerprint density at radius 3 is 2.82 bits per heavy atom. The van der Waals surface area contributed by atoms with Crippen LogP contribution in [0.2, 0.25) is 0 Å². The van der Waals surface area contributed by atoms with Gasteiger partial charge in [0.1, 0.15) is 26.8 Å². The lowest BCUT2D eigenvalue weighted by molar-refractivity contribution is -0.389. The summed E-state index contributed by atoms with van der Waals surface area (Å²) in [5.74, 6) is -0.850. The number of carbonyl (C=O) groups excluding carboxylic acids is 1. The lowest BCUT2D eigenvalue weighted by atomic mass is 10.00. The monoisotopic (exact) mass is 652 g/mol. The first kappa shape index (κ1) is 30.7. The number of thiazole rings is 1. The predicted molar refractivity (Wildman–Crippen MR) is 172 cm³/mol. The number of anilines is 2. The van der Waals surface area contributed by atoms with Crippen LogP contribution in [0.25, 0.3) is 17.1 Å². The third-order valence-electron chi connectivity index (χ3n) is 6.59. The van der Waals surface area contributed by atoms with Crippen molar-refractivity contribution in [3.05, 3.63) is 102 Å². The number of nitrogens with one attached hydrogen (secondary N) is 2. The molecule has 4 N–H and O–H groups in total. The third kappa shape index (κ3) is 6.45. The van der Waals surface area contributed by atoms with Crippen LogP contribution >= 0.6 is 34.5 Å². The fraction of sp³-hybridized carbons (Fsp3) is 0.179. The SMILES string of the molecule is COC(N=C(N)c1c(Nc2ncc(C(=O)n3ccc4nc([N+](=O)[O-])cc(C=CCl)c43)s2)s[nH]c1=O)C(C)Cc1ccccc1. The Morgan fingerprint density at radius 1 is 1.34 bits per heavy atom. The minimum absolute atomic E-state index is 0.00472. The molecule has 0 aliphatic carbocycles. The van der Waals surface area contributed by atoms with Gasteiger partial charge in [-0.25, -0.2) is 9.98 Å². The number of aromatic amines is 1. The van der Waals surface area contributed by atoms with Crippen molar-refractivity contribution in [3.63, 3.8) is 0 Å². The van der Waals surface area contributed by atoms with E-state index in [2.05, 4.69) is 24.7 Å². The topological polar surface area (TPSA) is 183 Å². The third-order valence-corrected chi connectivity index (χ3v) is 8.42. The molecule has 0 saturated carbocycles. The Balaban J connectivity index is 1.38. The van der Waals surface area contributed by atoms with Gasteiger partial charge in [-0.3, -0.25) is 18.5 Å². The van der Waals surface area contributed by atoms with Crippen LogP contribution < -0.4 is 16.6 Å². The Bertz CT molecular complexity index is 1950. The molecule has 226 valence electrons. The lowest BCUT2D eigenvalue weighted by Gasteiger charge is -2.19. The number of H-pyrrole nitrogens is 1. The Morgan fingerprint density at radius 2 is 2.11 bits per heavy atom. The van der Waals surface area contributed by atoms with Crippen molar-refractivity contribution in [2.45, 2.75) is 19.6 Å². The fourth-order valence-electron chi connectivity index (χ4n) is 4.59. The van der Waals surface area contributed by atoms with Crippen LogP contribution in [0.15, 0.2) is 70.2 Å². The number of hydrogen-bond acceptors (Lipinski definition) is 11. The number of methoxy groups -OCH3 is 1. The smallest absolute Gasteiger partial charge is 0.364 e. The van der Waals surface area contributed by atoms with Gasteiger partial charge in [0.15, 0.2) is 11.4 Å². The van der Waals surface area contributed by atoms with E-state index in [1.54, 1.807) is 0 Å². The van der Waals surface area contributed by atoms with Crippen molar-refractivity contribution in [1.82, 2.24) is 18.9 Å². The minimum Gasteiger partial charge on any atom is -0.383 e. The molecule has 0 fully saturated rings. The van der Waals surface area contributed by atoms with Crippen LogP contribution in [0, 0.1) is 16.0 Å². The number of benzene rings is 1. The van der Waals surface area contributed by atoms with E-state index in [9.17, 15) is 19.7 Å². The quantitative estimate of drug-likeness (QED) is 0.0732. The molecule has 1 aromatic carbocycles. The highest BCUT2D eigenvalue weighted by Gasteiger charge is 2.24. The normalized spacial score (nSPS) is 13.4. The Kier molecular flexibility index (Phi) is 9.29. The number of nitrogens with zero attached hydrogens (tertiary/aromatic N) is 5. The van der Waals surface area contributed by atoms with Crippen LogP contribution in [0.4, 0.5) is 16.0 Å². The number of rotatable bonds is 11. The molecule has 0 aliphatic heterocycles. The van der Waals surface area contributed by atoms with E-state index in [0.29, 0.717) is 27.6 Å². The molecule has 0 bridgehead atoms. The molecule has 44 heavy (non-hydrogen) atoms. The number of aromatic nitrogens is 4. The molecule has 13 nitrogen and oxygen atoms in total. The van der Waals surface area contributed by atoms with Crippen LogP contribution in [0.1, 0.15) is 33.3 Å². The maximum Gasteiger partial charge on any atom is 0.364 e. The van der Waals surface area contributed by atoms with Gasteiger partial charge >= 0.3 is 5.82 Å². The highest BCUT2D eigenvalue weighted by Crippen LogP contribution is 2.30. The van der Waals surface area contributed by atoms with Crippen LogP contribution in [-0.4, -0.2) is 48.9 Å². The Labute approximate surface area is 263 Å². The molecular formula is C28H25ClN8O5S2. The van der Waals surface area contributed by atoms with Crippen molar-refractivity contribution >= 4 is 79.3 Å². The molecule has 4 heterocycles. The van der Waals surface area contributed by atoms with Gasteiger partial charge in [0.25, 0.3) is 11.5 Å². The Hall–Kier alpha value is -4.70. The number of ether oxygens (including phenoxy) is 1. The average Bonchev–Trinajstić information content (AvgIpc) is 3.75. The van der Waals surface area contributed by atoms with Crippen molar-refractivity contribution in [1.29, 1.82) is 0 Å². The molecule has 0 aliphatic rings. The van der Waals surface area contributed by atoms with E-state index in [4.69, 9.17) is 22.1 Å². The number of aliphatic imine (C=N–C) groups is 1. The maximum absolute atomic E-state index is 13.5. The average molecular weight is 653 g/mol. The number of fused-ring (bicyclic) bond motifs is 1. The summed E-state index contributed by atoms with van der Waals surface area (Å²) in [5.41, 5.74) is 9.29. The van der Waals surface area contributed by atoms with Gasteiger partial charge in [0.05, 0.1) is 6.20 Å². The second-order valence-corrected chi connectivity index (χ2v) is 11.6. The zero-order valence-electron chi connectivity index (χ0n) is 23.3. The van der Waals surface area contributed by atoms with E-state index in [0.717, 1.165) is 28.4 Å². The van der Waals surface area contributed by atoms with Gasteiger partial charge < -0.3 is 25.9 Å². The van der Waals surface area contributed by atoms with Gasteiger partial charge in [0.2, 0.25) is 5.52 Å². The standard InChI is InChI=1S/C28H25ClN8O5S2/c1-15(12-16-6-4-3-5-7-16)25(42-2)33-23(30)21-24(38)35-44-26(21)34-28-31-14-19(43-28)27(39)36-11-9-18-22(36)17(8-10-29)13-20(32-18)37(40)41/h3-11,13-15,25H,12H2,1-2H3,(H2,30,33)(H,31,34)(H,35,38). The number of nitro groups is 1. The molecule has 4 aromatic heterocycles. The van der Waals surface area contributed by atoms with Crippen LogP contribution in [0.3, 0.4) is 0 Å². The van der Waals surface area contributed by atoms with Gasteiger partial charge in [-0.1, -0.05) is 60.2 Å². The molecule has 5 rings (SSSR count). The van der Waals surface area contributed by atoms with Crippen LogP contribution in [0.5, 0.6) is 0 Å². The summed E-state index contributed by atoms with van der Waals surface area (Å²) in [4.78, 5) is 50.0. The molecule has 0 spiro atoms. The summed E-state index contributed by atoms with van der Waals surface area (Å²) in [6, 6.07) is 12.7. The molecule has 5 aromatic rings. The molecule has 0 radical (unpaired) electrons. The van der Waals surface area contributed by atoms with Gasteiger partial charge in [0, 0.05) is 42.5 Å². The fourth-order valence-corrected chi connectivity index (χ4v) is 6.29. The number of nitrogens with two attached hydrogens (primary N) is 1. The molecule has 2 unspecified atom stereocenters. The van der Waals surface area contributed by atoms with Gasteiger partial charge in [-0.15, -0.1) is 0 Å². The summed E-state index contributed by atoms with van der Waals surface area (Å²) >= 11 is 7.82. The zero-order chi connectivity index (χ0) is 31.4. The first-order valence-electron chi connectivity index (χ1n) is 13.0. The van der Waals surface area contributed by atoms with Crippen molar-refractivity contribution < 1.29 is 14.5 Å². The predicted octanol–water partition coefficient (Wildman–Crippen LogP) is 5.35. The number of hydrogen-bond donors (Lipinski definition) is 3. The summed E-state index contributed by atoms with van der Waals surface area (Å²) in [7, 11) is 1.54. The van der Waals surface area contributed by atoms with E-state index >= 15 is 0 Å².